The first-order valence-electron chi connectivity index (χ1n) is 13.9. The monoisotopic (exact) mass is 532 g/mol. The largest absolute Gasteiger partial charge is 0.507 e. The van der Waals surface area contributed by atoms with Crippen molar-refractivity contribution in [3.63, 3.8) is 0 Å². The van der Waals surface area contributed by atoms with E-state index in [1.54, 1.807) is 13.8 Å². The van der Waals surface area contributed by atoms with Crippen LogP contribution in [-0.4, -0.2) is 56.6 Å². The smallest absolute Gasteiger partial charge is 0.302 e. The molecule has 0 bridgehead atoms. The maximum absolute atomic E-state index is 14.2. The van der Waals surface area contributed by atoms with E-state index in [4.69, 9.17) is 14.2 Å². The molecule has 0 unspecified atom stereocenters. The van der Waals surface area contributed by atoms with E-state index in [0.717, 1.165) is 6.42 Å². The highest BCUT2D eigenvalue weighted by atomic mass is 16.5. The van der Waals surface area contributed by atoms with Crippen LogP contribution in [0.3, 0.4) is 0 Å². The number of ketones is 1. The van der Waals surface area contributed by atoms with Crippen LogP contribution in [0.2, 0.25) is 0 Å². The molecule has 1 aromatic rings. The van der Waals surface area contributed by atoms with Gasteiger partial charge in [0.1, 0.15) is 23.0 Å². The second kappa shape index (κ2) is 9.70. The lowest BCUT2D eigenvalue weighted by atomic mass is 9.53. The van der Waals surface area contributed by atoms with Crippen LogP contribution in [0.1, 0.15) is 109 Å². The number of phenolic OH excluding ortho intramolecular Hbond substituents is 2. The Hall–Kier alpha value is -2.32. The van der Waals surface area contributed by atoms with Gasteiger partial charge in [-0.05, 0) is 58.4 Å². The Morgan fingerprint density at radius 2 is 1.87 bits per heavy atom. The van der Waals surface area contributed by atoms with Crippen LogP contribution in [0.4, 0.5) is 0 Å². The average Bonchev–Trinajstić information content (AvgIpc) is 2.81. The molecule has 2 fully saturated rings. The summed E-state index contributed by atoms with van der Waals surface area (Å²) in [6, 6.07) is 1.41. The number of ether oxygens (including phenoxy) is 3. The van der Waals surface area contributed by atoms with Crippen LogP contribution in [0.15, 0.2) is 6.07 Å². The van der Waals surface area contributed by atoms with E-state index in [0.29, 0.717) is 31.2 Å². The number of rotatable bonds is 6. The van der Waals surface area contributed by atoms with Crippen molar-refractivity contribution in [1.82, 2.24) is 0 Å². The Kier molecular flexibility index (Phi) is 7.32. The molecule has 0 amide bonds. The number of benzene rings is 1. The van der Waals surface area contributed by atoms with Crippen molar-refractivity contribution in [2.75, 3.05) is 0 Å². The molecule has 2 aliphatic heterocycles. The van der Waals surface area contributed by atoms with Gasteiger partial charge in [0.15, 0.2) is 17.3 Å². The Morgan fingerprint density at radius 1 is 1.21 bits per heavy atom. The molecule has 3 N–H and O–H groups in total. The normalized spacial score (nSPS) is 33.2. The van der Waals surface area contributed by atoms with Crippen LogP contribution < -0.4 is 4.74 Å². The second-order valence-electron chi connectivity index (χ2n) is 12.8. The van der Waals surface area contributed by atoms with Crippen molar-refractivity contribution < 1.29 is 39.1 Å². The first-order valence-corrected chi connectivity index (χ1v) is 13.9. The molecule has 1 aliphatic carbocycles. The lowest BCUT2D eigenvalue weighted by molar-refractivity contribution is -0.227. The van der Waals surface area contributed by atoms with Gasteiger partial charge in [0.05, 0.1) is 23.7 Å². The van der Waals surface area contributed by atoms with Crippen molar-refractivity contribution in [1.29, 1.82) is 0 Å². The highest BCUT2D eigenvalue weighted by Gasteiger charge is 2.63. The summed E-state index contributed by atoms with van der Waals surface area (Å²) >= 11 is 0. The third-order valence-electron chi connectivity index (χ3n) is 9.57. The van der Waals surface area contributed by atoms with E-state index >= 15 is 0 Å². The molecule has 8 atom stereocenters. The Labute approximate surface area is 225 Å². The van der Waals surface area contributed by atoms with Crippen LogP contribution in [-0.2, 0) is 14.3 Å². The van der Waals surface area contributed by atoms with Gasteiger partial charge in [0.25, 0.3) is 0 Å². The molecule has 212 valence electrons. The van der Waals surface area contributed by atoms with Crippen molar-refractivity contribution >= 4 is 11.8 Å². The zero-order valence-corrected chi connectivity index (χ0v) is 24.0. The summed E-state index contributed by atoms with van der Waals surface area (Å²) in [5.41, 5.74) is -2.10. The van der Waals surface area contributed by atoms with E-state index < -0.39 is 40.5 Å². The van der Waals surface area contributed by atoms with Crippen molar-refractivity contribution in [3.05, 3.63) is 17.2 Å². The van der Waals surface area contributed by atoms with Gasteiger partial charge in [-0.25, -0.2) is 0 Å². The number of aliphatic hydroxyl groups is 1. The van der Waals surface area contributed by atoms with E-state index in [-0.39, 0.29) is 46.7 Å². The minimum absolute atomic E-state index is 0.00479. The highest BCUT2D eigenvalue weighted by Crippen LogP contribution is 2.60. The summed E-state index contributed by atoms with van der Waals surface area (Å²) in [6.07, 6.45) is 2.09. The third-order valence-corrected chi connectivity index (χ3v) is 9.57. The van der Waals surface area contributed by atoms with Gasteiger partial charge in [-0.15, -0.1) is 0 Å². The highest BCUT2D eigenvalue weighted by molar-refractivity contribution is 6.06. The molecule has 3 aliphatic rings. The van der Waals surface area contributed by atoms with Crippen molar-refractivity contribution in [2.45, 2.75) is 123 Å². The number of carbonyl (C=O) groups is 2. The standard InChI is InChI=1S/C30H44O8/c1-9-15(2)25(36-17(4)31)16(3)18-14-19(32)22-24(34)27-29(7)12-10-20(28(5,6)35)37-21(29)11-13-30(27,8)38-26(22)23(18)33/h14-16,20-21,25,27,32-33,35H,9-13H2,1-8H3/t15-,16-,20-,21-,25+,27-,29-,30+/m0/s1. The number of hydrogen-bond acceptors (Lipinski definition) is 8. The lowest BCUT2D eigenvalue weighted by Crippen LogP contribution is -2.65. The Balaban J connectivity index is 1.75. The van der Waals surface area contributed by atoms with Crippen LogP contribution in [0.5, 0.6) is 17.2 Å². The minimum atomic E-state index is -0.988. The topological polar surface area (TPSA) is 123 Å². The molecule has 1 saturated carbocycles. The molecular weight excluding hydrogens is 488 g/mol. The predicted octanol–water partition coefficient (Wildman–Crippen LogP) is 5.25. The number of esters is 1. The summed E-state index contributed by atoms with van der Waals surface area (Å²) in [6.45, 7) is 14.6. The first-order chi connectivity index (χ1) is 17.5. The zero-order chi connectivity index (χ0) is 28.4. The quantitative estimate of drug-likeness (QED) is 0.335. The summed E-state index contributed by atoms with van der Waals surface area (Å²) < 4.78 is 18.5. The second-order valence-corrected chi connectivity index (χ2v) is 12.8. The molecule has 2 heterocycles. The fourth-order valence-corrected chi connectivity index (χ4v) is 7.25. The molecule has 0 spiro atoms. The Bertz CT molecular complexity index is 1110. The first kappa shape index (κ1) is 28.7. The van der Waals surface area contributed by atoms with Crippen LogP contribution >= 0.6 is 0 Å². The van der Waals surface area contributed by atoms with Gasteiger partial charge in [-0.3, -0.25) is 9.59 Å². The van der Waals surface area contributed by atoms with Crippen LogP contribution in [0, 0.1) is 17.3 Å². The molecule has 0 aromatic heterocycles. The molecule has 1 aromatic carbocycles. The summed E-state index contributed by atoms with van der Waals surface area (Å²) in [7, 11) is 0. The number of aromatic hydroxyl groups is 2. The van der Waals surface area contributed by atoms with Gasteiger partial charge in [-0.2, -0.15) is 0 Å². The number of phenols is 2. The summed E-state index contributed by atoms with van der Waals surface area (Å²) in [5.74, 6) is -2.18. The van der Waals surface area contributed by atoms with Gasteiger partial charge >= 0.3 is 5.97 Å². The molecule has 8 heteroatoms. The number of hydrogen-bond donors (Lipinski definition) is 3. The van der Waals surface area contributed by atoms with E-state index in [2.05, 4.69) is 0 Å². The molecule has 0 radical (unpaired) electrons. The van der Waals surface area contributed by atoms with Gasteiger partial charge < -0.3 is 29.5 Å². The lowest BCUT2D eigenvalue weighted by Gasteiger charge is -2.59. The fraction of sp³-hybridized carbons (Fsp3) is 0.733. The molecule has 1 saturated heterocycles. The number of carbonyl (C=O) groups excluding carboxylic acids is 2. The molecule has 4 rings (SSSR count). The molecule has 38 heavy (non-hydrogen) atoms. The maximum atomic E-state index is 14.2. The fourth-order valence-electron chi connectivity index (χ4n) is 7.25. The number of Topliss-reactive ketones (excluding diaryl/α,β-unsaturated/α-hetero) is 1. The maximum Gasteiger partial charge on any atom is 0.302 e. The molecule has 8 nitrogen and oxygen atoms in total. The third kappa shape index (κ3) is 4.57. The summed E-state index contributed by atoms with van der Waals surface area (Å²) in [5, 5.41) is 33.1. The predicted molar refractivity (Wildman–Crippen MR) is 142 cm³/mol. The number of fused-ring (bicyclic) bond motifs is 4. The van der Waals surface area contributed by atoms with Gasteiger partial charge in [0, 0.05) is 23.8 Å². The average molecular weight is 533 g/mol. The zero-order valence-electron chi connectivity index (χ0n) is 24.0. The summed E-state index contributed by atoms with van der Waals surface area (Å²) in [4.78, 5) is 26.0. The Morgan fingerprint density at radius 3 is 2.45 bits per heavy atom. The van der Waals surface area contributed by atoms with Gasteiger partial charge in [0.2, 0.25) is 0 Å². The minimum Gasteiger partial charge on any atom is -0.507 e. The SMILES string of the molecule is CC[C@H](C)[C@@H](OC(C)=O)[C@@H](C)c1cc(O)c2c(c1O)O[C@]1(C)CC[C@@H]3O[C@H](C(C)(C)O)CC[C@]3(C)[C@@H]1C2=O. The van der Waals surface area contributed by atoms with Crippen molar-refractivity contribution in [2.24, 2.45) is 17.3 Å². The van der Waals surface area contributed by atoms with E-state index in [9.17, 15) is 24.9 Å². The van der Waals surface area contributed by atoms with Gasteiger partial charge in [-0.1, -0.05) is 34.1 Å². The molecular formula is C30H44O8. The van der Waals surface area contributed by atoms with Crippen LogP contribution in [0.25, 0.3) is 0 Å². The van der Waals surface area contributed by atoms with E-state index in [1.165, 1.54) is 13.0 Å². The van der Waals surface area contributed by atoms with Crippen molar-refractivity contribution in [3.8, 4) is 17.2 Å². The van der Waals surface area contributed by atoms with E-state index in [1.807, 2.05) is 34.6 Å².